The molecule has 0 amide bonds. The number of aliphatic hydroxyl groups excluding tert-OH is 1. The van der Waals surface area contributed by atoms with Crippen LogP contribution in [0.15, 0.2) is 48.5 Å². The molecule has 0 saturated carbocycles. The topological polar surface area (TPSA) is 42.4 Å². The molecule has 0 spiro atoms. The minimum atomic E-state index is -0.756. The van der Waals surface area contributed by atoms with Crippen LogP contribution >= 0.6 is 11.3 Å². The first-order valence-electron chi connectivity index (χ1n) is 5.96. The molecule has 1 N–H and O–H groups in total. The lowest BCUT2D eigenvalue weighted by atomic mass is 10.1. The fourth-order valence-corrected chi connectivity index (χ4v) is 3.01. The van der Waals surface area contributed by atoms with E-state index in [1.165, 1.54) is 11.3 Å². The Labute approximate surface area is 115 Å². The molecule has 0 fully saturated rings. The van der Waals surface area contributed by atoms with Crippen molar-refractivity contribution in [3.05, 3.63) is 59.1 Å². The summed E-state index contributed by atoms with van der Waals surface area (Å²) in [6.07, 6.45) is -0.756. The zero-order valence-electron chi connectivity index (χ0n) is 10.4. The number of rotatable bonds is 3. The summed E-state index contributed by atoms with van der Waals surface area (Å²) in [5.74, 6) is 0.675. The maximum Gasteiger partial charge on any atom is 0.134 e. The Morgan fingerprint density at radius 1 is 1.11 bits per heavy atom. The van der Waals surface area contributed by atoms with E-state index in [0.29, 0.717) is 10.8 Å². The third-order valence-corrected chi connectivity index (χ3v) is 4.07. The van der Waals surface area contributed by atoms with E-state index >= 15 is 0 Å². The number of aliphatic hydroxyl groups is 1. The second-order valence-electron chi connectivity index (χ2n) is 4.16. The van der Waals surface area contributed by atoms with Crippen LogP contribution in [0.3, 0.4) is 0 Å². The number of hydrogen-bond acceptors (Lipinski definition) is 4. The first-order chi connectivity index (χ1) is 9.29. The van der Waals surface area contributed by atoms with Crippen molar-refractivity contribution >= 4 is 21.6 Å². The number of nitrogens with zero attached hydrogens (tertiary/aromatic N) is 1. The second-order valence-corrected chi connectivity index (χ2v) is 5.23. The van der Waals surface area contributed by atoms with Gasteiger partial charge in [0.05, 0.1) is 17.3 Å². The van der Waals surface area contributed by atoms with E-state index in [4.69, 9.17) is 4.74 Å². The summed E-state index contributed by atoms with van der Waals surface area (Å²) in [7, 11) is 1.60. The van der Waals surface area contributed by atoms with Gasteiger partial charge in [0.2, 0.25) is 0 Å². The van der Waals surface area contributed by atoms with Crippen molar-refractivity contribution in [3.63, 3.8) is 0 Å². The number of aromatic nitrogens is 1. The number of fused-ring (bicyclic) bond motifs is 1. The summed E-state index contributed by atoms with van der Waals surface area (Å²) in [6.45, 7) is 0. The highest BCUT2D eigenvalue weighted by molar-refractivity contribution is 7.18. The predicted molar refractivity (Wildman–Crippen MR) is 76.7 cm³/mol. The van der Waals surface area contributed by atoms with Gasteiger partial charge in [-0.1, -0.05) is 30.3 Å². The third-order valence-electron chi connectivity index (χ3n) is 2.98. The quantitative estimate of drug-likeness (QED) is 0.794. The van der Waals surface area contributed by atoms with Gasteiger partial charge in [-0.25, -0.2) is 4.98 Å². The van der Waals surface area contributed by atoms with Crippen LogP contribution in [0, 0.1) is 0 Å². The Kier molecular flexibility index (Phi) is 3.19. The standard InChI is InChI=1S/C15H13NO2S/c1-18-12-8-4-2-6-10(12)14(17)15-16-11-7-3-5-9-13(11)19-15/h2-9,14,17H,1H3. The van der Waals surface area contributed by atoms with Crippen molar-refractivity contribution in [2.45, 2.75) is 6.10 Å². The van der Waals surface area contributed by atoms with Gasteiger partial charge in [0.1, 0.15) is 16.9 Å². The van der Waals surface area contributed by atoms with Crippen molar-refractivity contribution in [1.29, 1.82) is 0 Å². The first-order valence-corrected chi connectivity index (χ1v) is 6.77. The fraction of sp³-hybridized carbons (Fsp3) is 0.133. The van der Waals surface area contributed by atoms with Gasteiger partial charge >= 0.3 is 0 Å². The average Bonchev–Trinajstić information content (AvgIpc) is 2.90. The van der Waals surface area contributed by atoms with Crippen LogP contribution in [-0.2, 0) is 0 Å². The normalized spacial score (nSPS) is 12.5. The van der Waals surface area contributed by atoms with Crippen LogP contribution in [0.2, 0.25) is 0 Å². The third kappa shape index (κ3) is 2.20. The molecule has 0 saturated heterocycles. The first kappa shape index (κ1) is 12.1. The Bertz CT molecular complexity index is 675. The second kappa shape index (κ2) is 4.99. The SMILES string of the molecule is COc1ccccc1C(O)c1nc2ccccc2s1. The zero-order chi connectivity index (χ0) is 13.2. The van der Waals surface area contributed by atoms with E-state index in [9.17, 15) is 5.11 Å². The van der Waals surface area contributed by atoms with Crippen LogP contribution in [-0.4, -0.2) is 17.2 Å². The molecule has 0 aliphatic heterocycles. The van der Waals surface area contributed by atoms with Crippen molar-refractivity contribution < 1.29 is 9.84 Å². The van der Waals surface area contributed by atoms with E-state index in [2.05, 4.69) is 4.98 Å². The van der Waals surface area contributed by atoms with Gasteiger partial charge in [-0.15, -0.1) is 11.3 Å². The lowest BCUT2D eigenvalue weighted by Gasteiger charge is -2.12. The van der Waals surface area contributed by atoms with Crippen LogP contribution in [0.4, 0.5) is 0 Å². The molecule has 3 rings (SSSR count). The van der Waals surface area contributed by atoms with Gasteiger partial charge < -0.3 is 9.84 Å². The number of benzene rings is 2. The summed E-state index contributed by atoms with van der Waals surface area (Å²) in [6, 6.07) is 15.3. The summed E-state index contributed by atoms with van der Waals surface area (Å²) in [5.41, 5.74) is 1.65. The molecule has 96 valence electrons. The van der Waals surface area contributed by atoms with E-state index in [0.717, 1.165) is 15.8 Å². The minimum Gasteiger partial charge on any atom is -0.496 e. The van der Waals surface area contributed by atoms with Gasteiger partial charge in [-0.05, 0) is 18.2 Å². The molecule has 0 aliphatic rings. The average molecular weight is 271 g/mol. The Morgan fingerprint density at radius 2 is 1.84 bits per heavy atom. The number of methoxy groups -OCH3 is 1. The van der Waals surface area contributed by atoms with Gasteiger partial charge in [0.15, 0.2) is 0 Å². The highest BCUT2D eigenvalue weighted by Crippen LogP contribution is 2.33. The maximum atomic E-state index is 10.5. The number of hydrogen-bond donors (Lipinski definition) is 1. The maximum absolute atomic E-state index is 10.5. The van der Waals surface area contributed by atoms with Gasteiger partial charge in [0, 0.05) is 5.56 Å². The molecule has 3 nitrogen and oxygen atoms in total. The monoisotopic (exact) mass is 271 g/mol. The Morgan fingerprint density at radius 3 is 2.63 bits per heavy atom. The number of ether oxygens (including phenoxy) is 1. The molecule has 1 unspecified atom stereocenters. The molecule has 1 aromatic heterocycles. The van der Waals surface area contributed by atoms with E-state index in [-0.39, 0.29) is 0 Å². The fourth-order valence-electron chi connectivity index (χ4n) is 2.03. The molecule has 3 aromatic rings. The zero-order valence-corrected chi connectivity index (χ0v) is 11.2. The van der Waals surface area contributed by atoms with Gasteiger partial charge in [-0.2, -0.15) is 0 Å². The summed E-state index contributed by atoms with van der Waals surface area (Å²) < 4.78 is 6.35. The number of thiazole rings is 1. The molecule has 1 heterocycles. The number of para-hydroxylation sites is 2. The van der Waals surface area contributed by atoms with E-state index in [1.54, 1.807) is 7.11 Å². The van der Waals surface area contributed by atoms with Crippen LogP contribution in [0.1, 0.15) is 16.7 Å². The van der Waals surface area contributed by atoms with Crippen molar-refractivity contribution in [3.8, 4) is 5.75 Å². The highest BCUT2D eigenvalue weighted by atomic mass is 32.1. The molecule has 0 bridgehead atoms. The molecule has 19 heavy (non-hydrogen) atoms. The molecule has 0 aliphatic carbocycles. The van der Waals surface area contributed by atoms with Crippen molar-refractivity contribution in [1.82, 2.24) is 4.98 Å². The Balaban J connectivity index is 2.05. The van der Waals surface area contributed by atoms with Gasteiger partial charge in [-0.3, -0.25) is 0 Å². The molecule has 2 aromatic carbocycles. The predicted octanol–water partition coefficient (Wildman–Crippen LogP) is 3.39. The van der Waals surface area contributed by atoms with Gasteiger partial charge in [0.25, 0.3) is 0 Å². The van der Waals surface area contributed by atoms with E-state index < -0.39 is 6.10 Å². The van der Waals surface area contributed by atoms with Crippen molar-refractivity contribution in [2.24, 2.45) is 0 Å². The molecule has 0 radical (unpaired) electrons. The largest absolute Gasteiger partial charge is 0.496 e. The summed E-state index contributed by atoms with van der Waals surface area (Å²) in [4.78, 5) is 4.48. The van der Waals surface area contributed by atoms with E-state index in [1.807, 2.05) is 48.5 Å². The van der Waals surface area contributed by atoms with Crippen molar-refractivity contribution in [2.75, 3.05) is 7.11 Å². The smallest absolute Gasteiger partial charge is 0.134 e. The van der Waals surface area contributed by atoms with Crippen LogP contribution in [0.25, 0.3) is 10.2 Å². The summed E-state index contributed by atoms with van der Waals surface area (Å²) >= 11 is 1.50. The molecular formula is C15H13NO2S. The summed E-state index contributed by atoms with van der Waals surface area (Å²) in [5, 5.41) is 11.2. The Hall–Kier alpha value is -1.91. The highest BCUT2D eigenvalue weighted by Gasteiger charge is 2.18. The van der Waals surface area contributed by atoms with Crippen LogP contribution in [0.5, 0.6) is 5.75 Å². The minimum absolute atomic E-state index is 0.675. The molecule has 4 heteroatoms. The van der Waals surface area contributed by atoms with Crippen LogP contribution < -0.4 is 4.74 Å². The molecule has 1 atom stereocenters. The molecular weight excluding hydrogens is 258 g/mol. The lowest BCUT2D eigenvalue weighted by molar-refractivity contribution is 0.214. The lowest BCUT2D eigenvalue weighted by Crippen LogP contribution is -2.01.